The van der Waals surface area contributed by atoms with E-state index < -0.39 is 6.10 Å². The Kier molecular flexibility index (Phi) is 4.50. The van der Waals surface area contributed by atoms with Crippen LogP contribution in [0.2, 0.25) is 5.02 Å². The van der Waals surface area contributed by atoms with Crippen LogP contribution in [0.1, 0.15) is 22.8 Å². The second-order valence-electron chi connectivity index (χ2n) is 4.31. The number of benzene rings is 2. The van der Waals surface area contributed by atoms with Crippen molar-refractivity contribution in [3.05, 3.63) is 62.6 Å². The molecule has 0 aromatic heterocycles. The fourth-order valence-electron chi connectivity index (χ4n) is 1.82. The number of rotatable bonds is 3. The van der Waals surface area contributed by atoms with Gasteiger partial charge in [-0.1, -0.05) is 45.7 Å². The molecule has 0 saturated heterocycles. The molecule has 0 bridgehead atoms. The summed E-state index contributed by atoms with van der Waals surface area (Å²) < 4.78 is 6.14. The van der Waals surface area contributed by atoms with E-state index in [1.54, 1.807) is 25.3 Å². The van der Waals surface area contributed by atoms with Gasteiger partial charge in [0.2, 0.25) is 0 Å². The molecule has 1 N–H and O–H groups in total. The van der Waals surface area contributed by atoms with E-state index in [1.165, 1.54) is 0 Å². The summed E-state index contributed by atoms with van der Waals surface area (Å²) in [5.74, 6) is 0.560. The van der Waals surface area contributed by atoms with Crippen LogP contribution < -0.4 is 4.74 Å². The number of methoxy groups -OCH3 is 1. The molecule has 0 aliphatic heterocycles. The quantitative estimate of drug-likeness (QED) is 0.890. The lowest BCUT2D eigenvalue weighted by atomic mass is 10.0. The summed E-state index contributed by atoms with van der Waals surface area (Å²) in [6.07, 6.45) is -0.705. The molecule has 2 nitrogen and oxygen atoms in total. The lowest BCUT2D eigenvalue weighted by molar-refractivity contribution is 0.219. The van der Waals surface area contributed by atoms with Crippen LogP contribution in [0.15, 0.2) is 40.9 Å². The van der Waals surface area contributed by atoms with Crippen LogP contribution in [0.25, 0.3) is 0 Å². The van der Waals surface area contributed by atoms with Crippen molar-refractivity contribution in [3.63, 3.8) is 0 Å². The molecule has 2 rings (SSSR count). The fourth-order valence-corrected chi connectivity index (χ4v) is 2.41. The lowest BCUT2D eigenvalue weighted by Crippen LogP contribution is -2.00. The summed E-state index contributed by atoms with van der Waals surface area (Å²) >= 11 is 9.45. The SMILES string of the molecule is COc1cc(C(O)c2ccc(C)c(Br)c2)ccc1Cl. The van der Waals surface area contributed by atoms with Crippen molar-refractivity contribution in [2.24, 2.45) is 0 Å². The van der Waals surface area contributed by atoms with Crippen molar-refractivity contribution >= 4 is 27.5 Å². The van der Waals surface area contributed by atoms with Gasteiger partial charge in [-0.2, -0.15) is 0 Å². The van der Waals surface area contributed by atoms with Crippen molar-refractivity contribution in [2.45, 2.75) is 13.0 Å². The molecule has 0 aliphatic rings. The number of ether oxygens (including phenoxy) is 1. The Labute approximate surface area is 126 Å². The summed E-state index contributed by atoms with van der Waals surface area (Å²) in [4.78, 5) is 0. The zero-order valence-corrected chi connectivity index (χ0v) is 13.0. The van der Waals surface area contributed by atoms with E-state index in [0.29, 0.717) is 10.8 Å². The third-order valence-electron chi connectivity index (χ3n) is 3.00. The normalized spacial score (nSPS) is 12.3. The highest BCUT2D eigenvalue weighted by Crippen LogP contribution is 2.31. The van der Waals surface area contributed by atoms with Crippen LogP contribution in [-0.2, 0) is 0 Å². The maximum Gasteiger partial charge on any atom is 0.137 e. The van der Waals surface area contributed by atoms with E-state index in [2.05, 4.69) is 15.9 Å². The number of aliphatic hydroxyl groups excluding tert-OH is 1. The Morgan fingerprint density at radius 1 is 1.16 bits per heavy atom. The van der Waals surface area contributed by atoms with Crippen LogP contribution in [-0.4, -0.2) is 12.2 Å². The zero-order valence-electron chi connectivity index (χ0n) is 10.7. The van der Waals surface area contributed by atoms with E-state index in [9.17, 15) is 5.11 Å². The summed E-state index contributed by atoms with van der Waals surface area (Å²) in [6.45, 7) is 2.01. The van der Waals surface area contributed by atoms with E-state index in [0.717, 1.165) is 21.2 Å². The number of aryl methyl sites for hydroxylation is 1. The largest absolute Gasteiger partial charge is 0.495 e. The minimum absolute atomic E-state index is 0.531. The summed E-state index contributed by atoms with van der Waals surface area (Å²) in [5, 5.41) is 10.9. The molecule has 0 spiro atoms. The first-order chi connectivity index (χ1) is 9.02. The van der Waals surface area contributed by atoms with E-state index in [1.807, 2.05) is 25.1 Å². The minimum Gasteiger partial charge on any atom is -0.495 e. The number of hydrogen-bond acceptors (Lipinski definition) is 2. The van der Waals surface area contributed by atoms with Crippen molar-refractivity contribution < 1.29 is 9.84 Å². The maximum absolute atomic E-state index is 10.4. The van der Waals surface area contributed by atoms with Crippen molar-refractivity contribution in [1.82, 2.24) is 0 Å². The van der Waals surface area contributed by atoms with Gasteiger partial charge in [-0.05, 0) is 41.8 Å². The highest BCUT2D eigenvalue weighted by molar-refractivity contribution is 9.10. The minimum atomic E-state index is -0.705. The second kappa shape index (κ2) is 5.95. The van der Waals surface area contributed by atoms with Crippen LogP contribution in [0, 0.1) is 6.92 Å². The first-order valence-electron chi connectivity index (χ1n) is 5.80. The van der Waals surface area contributed by atoms with Gasteiger partial charge in [-0.25, -0.2) is 0 Å². The topological polar surface area (TPSA) is 29.5 Å². The summed E-state index contributed by atoms with van der Waals surface area (Å²) in [6, 6.07) is 11.1. The Morgan fingerprint density at radius 3 is 2.42 bits per heavy atom. The van der Waals surface area contributed by atoms with Gasteiger partial charge in [0.15, 0.2) is 0 Å². The van der Waals surface area contributed by atoms with Gasteiger partial charge in [-0.3, -0.25) is 0 Å². The van der Waals surface area contributed by atoms with E-state index in [4.69, 9.17) is 16.3 Å². The number of hydrogen-bond donors (Lipinski definition) is 1. The molecule has 0 radical (unpaired) electrons. The highest BCUT2D eigenvalue weighted by atomic mass is 79.9. The zero-order chi connectivity index (χ0) is 14.0. The molecule has 1 atom stereocenters. The Hall–Kier alpha value is -1.03. The molecule has 4 heteroatoms. The average molecular weight is 342 g/mol. The molecule has 0 amide bonds. The first kappa shape index (κ1) is 14.4. The number of aliphatic hydroxyl groups is 1. The summed E-state index contributed by atoms with van der Waals surface area (Å²) in [7, 11) is 1.56. The van der Waals surface area contributed by atoms with Crippen LogP contribution in [0.4, 0.5) is 0 Å². The molecule has 0 fully saturated rings. The molecule has 19 heavy (non-hydrogen) atoms. The average Bonchev–Trinajstić information content (AvgIpc) is 2.41. The van der Waals surface area contributed by atoms with Crippen molar-refractivity contribution in [2.75, 3.05) is 7.11 Å². The monoisotopic (exact) mass is 340 g/mol. The Morgan fingerprint density at radius 2 is 1.79 bits per heavy atom. The molecule has 0 saturated carbocycles. The molecule has 2 aromatic carbocycles. The second-order valence-corrected chi connectivity index (χ2v) is 5.57. The third kappa shape index (κ3) is 3.11. The molecular weight excluding hydrogens is 328 g/mol. The van der Waals surface area contributed by atoms with Gasteiger partial charge in [0.25, 0.3) is 0 Å². The van der Waals surface area contributed by atoms with Crippen molar-refractivity contribution in [1.29, 1.82) is 0 Å². The van der Waals surface area contributed by atoms with Gasteiger partial charge >= 0.3 is 0 Å². The van der Waals surface area contributed by atoms with E-state index in [-0.39, 0.29) is 0 Å². The maximum atomic E-state index is 10.4. The van der Waals surface area contributed by atoms with Crippen LogP contribution in [0.5, 0.6) is 5.75 Å². The predicted molar refractivity (Wildman–Crippen MR) is 80.9 cm³/mol. The number of halogens is 2. The summed E-state index contributed by atoms with van der Waals surface area (Å²) in [5.41, 5.74) is 2.70. The standard InChI is InChI=1S/C15H14BrClO2/c1-9-3-4-10(7-12(9)16)15(18)11-5-6-13(17)14(8-11)19-2/h3-8,15,18H,1-2H3. The molecular formula is C15H14BrClO2. The molecule has 1 unspecified atom stereocenters. The first-order valence-corrected chi connectivity index (χ1v) is 6.97. The molecule has 0 heterocycles. The van der Waals surface area contributed by atoms with Gasteiger partial charge in [0.1, 0.15) is 11.9 Å². The van der Waals surface area contributed by atoms with Crippen LogP contribution in [0.3, 0.4) is 0 Å². The Bertz CT molecular complexity index is 599. The fraction of sp³-hybridized carbons (Fsp3) is 0.200. The Balaban J connectivity index is 2.37. The molecule has 0 aliphatic carbocycles. The van der Waals surface area contributed by atoms with Gasteiger partial charge < -0.3 is 9.84 Å². The van der Waals surface area contributed by atoms with Gasteiger partial charge in [0.05, 0.1) is 12.1 Å². The van der Waals surface area contributed by atoms with Gasteiger partial charge in [-0.15, -0.1) is 0 Å². The lowest BCUT2D eigenvalue weighted by Gasteiger charge is -2.14. The molecule has 100 valence electrons. The highest BCUT2D eigenvalue weighted by Gasteiger charge is 2.13. The van der Waals surface area contributed by atoms with Crippen LogP contribution >= 0.6 is 27.5 Å². The predicted octanol–water partition coefficient (Wildman–Crippen LogP) is 4.50. The van der Waals surface area contributed by atoms with E-state index >= 15 is 0 Å². The van der Waals surface area contributed by atoms with Crippen molar-refractivity contribution in [3.8, 4) is 5.75 Å². The molecule has 2 aromatic rings. The van der Waals surface area contributed by atoms with Gasteiger partial charge in [0, 0.05) is 4.47 Å². The third-order valence-corrected chi connectivity index (χ3v) is 4.17. The smallest absolute Gasteiger partial charge is 0.137 e.